The van der Waals surface area contributed by atoms with Crippen LogP contribution in [0.4, 0.5) is 4.79 Å². The van der Waals surface area contributed by atoms with Crippen LogP contribution in [0.1, 0.15) is 57.6 Å². The number of halogens is 1. The van der Waals surface area contributed by atoms with E-state index in [2.05, 4.69) is 6.07 Å². The highest BCUT2D eigenvalue weighted by Gasteiger charge is 2.38. The average Bonchev–Trinajstić information content (AvgIpc) is 3.55. The molecule has 1 atom stereocenters. The summed E-state index contributed by atoms with van der Waals surface area (Å²) in [6.45, 7) is 7.78. The third kappa shape index (κ3) is 6.84. The Morgan fingerprint density at radius 2 is 1.97 bits per heavy atom. The maximum atomic E-state index is 13.5. The van der Waals surface area contributed by atoms with Gasteiger partial charge in [-0.3, -0.25) is 4.79 Å². The van der Waals surface area contributed by atoms with Crippen LogP contribution in [-0.4, -0.2) is 60.2 Å². The van der Waals surface area contributed by atoms with Crippen molar-refractivity contribution in [3.8, 4) is 0 Å². The molecule has 1 saturated heterocycles. The van der Waals surface area contributed by atoms with E-state index >= 15 is 0 Å². The van der Waals surface area contributed by atoms with Gasteiger partial charge in [-0.2, -0.15) is 0 Å². The van der Waals surface area contributed by atoms with Crippen molar-refractivity contribution >= 4 is 23.6 Å². The zero-order valence-corrected chi connectivity index (χ0v) is 19.9. The van der Waals surface area contributed by atoms with Gasteiger partial charge in [-0.05, 0) is 70.1 Å². The van der Waals surface area contributed by atoms with Crippen molar-refractivity contribution in [3.05, 3.63) is 34.3 Å². The number of likely N-dealkylation sites (tertiary alicyclic amines) is 1. The van der Waals surface area contributed by atoms with Gasteiger partial charge in [-0.15, -0.1) is 0 Å². The molecule has 1 aromatic rings. The first-order valence-corrected chi connectivity index (χ1v) is 11.6. The molecule has 1 heterocycles. The van der Waals surface area contributed by atoms with Gasteiger partial charge < -0.3 is 19.3 Å². The lowest BCUT2D eigenvalue weighted by atomic mass is 9.96. The van der Waals surface area contributed by atoms with Crippen molar-refractivity contribution in [3.63, 3.8) is 0 Å². The van der Waals surface area contributed by atoms with E-state index in [1.807, 2.05) is 37.8 Å². The molecule has 1 saturated carbocycles. The van der Waals surface area contributed by atoms with Crippen LogP contribution in [0.3, 0.4) is 0 Å². The molecule has 2 amide bonds. The Labute approximate surface area is 190 Å². The van der Waals surface area contributed by atoms with E-state index in [0.29, 0.717) is 31.3 Å². The lowest BCUT2D eigenvalue weighted by Crippen LogP contribution is -2.48. The van der Waals surface area contributed by atoms with Gasteiger partial charge >= 0.3 is 6.09 Å². The summed E-state index contributed by atoms with van der Waals surface area (Å²) in [6, 6.07) is 6.26. The second kappa shape index (κ2) is 10.2. The van der Waals surface area contributed by atoms with Crippen molar-refractivity contribution in [2.24, 2.45) is 5.92 Å². The minimum atomic E-state index is -0.543. The Bertz CT molecular complexity index is 788. The molecular formula is C24H35ClN2O4. The normalized spacial score (nSPS) is 19.3. The van der Waals surface area contributed by atoms with Gasteiger partial charge in [-0.1, -0.05) is 23.7 Å². The maximum absolute atomic E-state index is 13.5. The number of methoxy groups -OCH3 is 1. The zero-order valence-electron chi connectivity index (χ0n) is 19.2. The van der Waals surface area contributed by atoms with Gasteiger partial charge in [-0.25, -0.2) is 4.79 Å². The van der Waals surface area contributed by atoms with Crippen LogP contribution in [-0.2, 0) is 27.2 Å². The number of hydrogen-bond donors (Lipinski definition) is 0. The molecule has 172 valence electrons. The van der Waals surface area contributed by atoms with E-state index in [1.165, 1.54) is 0 Å². The van der Waals surface area contributed by atoms with Gasteiger partial charge in [0.05, 0.1) is 12.5 Å². The molecule has 0 N–H and O–H groups in total. The summed E-state index contributed by atoms with van der Waals surface area (Å²) >= 11 is 6.48. The molecule has 1 aliphatic heterocycles. The van der Waals surface area contributed by atoms with Crippen LogP contribution in [0.5, 0.6) is 0 Å². The number of ether oxygens (including phenoxy) is 2. The van der Waals surface area contributed by atoms with E-state index in [0.717, 1.165) is 43.2 Å². The lowest BCUT2D eigenvalue weighted by molar-refractivity contribution is -0.138. The summed E-state index contributed by atoms with van der Waals surface area (Å²) in [5, 5.41) is 0.679. The maximum Gasteiger partial charge on any atom is 0.410 e. The Kier molecular flexibility index (Phi) is 7.87. The number of nitrogens with zero attached hydrogens (tertiary/aromatic N) is 2. The minimum Gasteiger partial charge on any atom is -0.444 e. The Balaban J connectivity index is 1.69. The van der Waals surface area contributed by atoms with E-state index < -0.39 is 5.60 Å². The molecule has 0 bridgehead atoms. The fourth-order valence-electron chi connectivity index (χ4n) is 3.99. The molecule has 0 radical (unpaired) electrons. The first kappa shape index (κ1) is 23.9. The Hall–Kier alpha value is -1.79. The number of rotatable bonds is 7. The fraction of sp³-hybridized carbons (Fsp3) is 0.667. The topological polar surface area (TPSA) is 59.1 Å². The van der Waals surface area contributed by atoms with Crippen LogP contribution < -0.4 is 0 Å². The molecule has 0 aromatic heterocycles. The standard InChI is InChI=1S/C24H35ClN2O4/c1-24(2,3)31-23(29)26-12-5-6-18(15-26)22(28)27(20-8-9-20)16-19-14-17(11-13-30-4)7-10-21(19)25/h7,10,14,18,20H,5-6,8-9,11-13,15-16H2,1-4H3/t18-/m1/s1. The molecule has 2 fully saturated rings. The first-order valence-electron chi connectivity index (χ1n) is 11.2. The average molecular weight is 451 g/mol. The Morgan fingerprint density at radius 3 is 2.61 bits per heavy atom. The van der Waals surface area contributed by atoms with E-state index in [-0.39, 0.29) is 24.0 Å². The van der Waals surface area contributed by atoms with Crippen molar-refractivity contribution in [2.75, 3.05) is 26.8 Å². The van der Waals surface area contributed by atoms with Gasteiger partial charge in [0, 0.05) is 37.8 Å². The SMILES string of the molecule is COCCc1ccc(Cl)c(CN(C(=O)[C@@H]2CCCN(C(=O)OC(C)(C)C)C2)C2CC2)c1. The largest absolute Gasteiger partial charge is 0.444 e. The fourth-order valence-corrected chi connectivity index (χ4v) is 4.16. The summed E-state index contributed by atoms with van der Waals surface area (Å²) < 4.78 is 10.7. The monoisotopic (exact) mass is 450 g/mol. The first-order chi connectivity index (χ1) is 14.7. The third-order valence-corrected chi connectivity index (χ3v) is 6.11. The number of hydrogen-bond acceptors (Lipinski definition) is 4. The molecule has 1 aromatic carbocycles. The van der Waals surface area contributed by atoms with Crippen LogP contribution in [0, 0.1) is 5.92 Å². The summed E-state index contributed by atoms with van der Waals surface area (Å²) in [7, 11) is 1.69. The van der Waals surface area contributed by atoms with Crippen LogP contribution >= 0.6 is 11.6 Å². The molecule has 2 aliphatic rings. The number of amides is 2. The second-order valence-corrected chi connectivity index (χ2v) is 10.0. The van der Waals surface area contributed by atoms with Gasteiger partial charge in [0.2, 0.25) is 5.91 Å². The highest BCUT2D eigenvalue weighted by molar-refractivity contribution is 6.31. The van der Waals surface area contributed by atoms with Crippen molar-refractivity contribution in [1.29, 1.82) is 0 Å². The third-order valence-electron chi connectivity index (χ3n) is 5.74. The molecular weight excluding hydrogens is 416 g/mol. The predicted molar refractivity (Wildman–Crippen MR) is 121 cm³/mol. The molecule has 6 nitrogen and oxygen atoms in total. The summed E-state index contributed by atoms with van der Waals surface area (Å²) in [6.07, 6.45) is 4.12. The molecule has 0 unspecified atom stereocenters. The number of piperidine rings is 1. The van der Waals surface area contributed by atoms with E-state index in [9.17, 15) is 9.59 Å². The summed E-state index contributed by atoms with van der Waals surface area (Å²) in [5.74, 6) is -0.0774. The van der Waals surface area contributed by atoms with Gasteiger partial charge in [0.25, 0.3) is 0 Å². The summed E-state index contributed by atoms with van der Waals surface area (Å²) in [5.41, 5.74) is 1.58. The quantitative estimate of drug-likeness (QED) is 0.605. The molecule has 3 rings (SSSR count). The molecule has 7 heteroatoms. The van der Waals surface area contributed by atoms with Gasteiger partial charge in [0.1, 0.15) is 5.60 Å². The molecule has 0 spiro atoms. The minimum absolute atomic E-state index is 0.120. The molecule has 31 heavy (non-hydrogen) atoms. The Morgan fingerprint density at radius 1 is 1.23 bits per heavy atom. The highest BCUT2D eigenvalue weighted by Crippen LogP contribution is 2.33. The zero-order chi connectivity index (χ0) is 22.6. The van der Waals surface area contributed by atoms with E-state index in [1.54, 1.807) is 12.0 Å². The van der Waals surface area contributed by atoms with Crippen molar-refractivity contribution in [2.45, 2.75) is 71.1 Å². The molecule has 1 aliphatic carbocycles. The number of benzene rings is 1. The smallest absolute Gasteiger partial charge is 0.410 e. The van der Waals surface area contributed by atoms with Crippen molar-refractivity contribution < 1.29 is 19.1 Å². The predicted octanol–water partition coefficient (Wildman–Crippen LogP) is 4.67. The van der Waals surface area contributed by atoms with Crippen LogP contribution in [0.15, 0.2) is 18.2 Å². The van der Waals surface area contributed by atoms with E-state index in [4.69, 9.17) is 21.1 Å². The summed E-state index contributed by atoms with van der Waals surface area (Å²) in [4.78, 5) is 29.7. The van der Waals surface area contributed by atoms with Crippen LogP contribution in [0.2, 0.25) is 5.02 Å². The van der Waals surface area contributed by atoms with Crippen molar-refractivity contribution in [1.82, 2.24) is 9.80 Å². The lowest BCUT2D eigenvalue weighted by Gasteiger charge is -2.36. The van der Waals surface area contributed by atoms with Gasteiger partial charge in [0.15, 0.2) is 0 Å². The van der Waals surface area contributed by atoms with Crippen LogP contribution in [0.25, 0.3) is 0 Å². The highest BCUT2D eigenvalue weighted by atomic mass is 35.5. The number of carbonyl (C=O) groups excluding carboxylic acids is 2. The number of carbonyl (C=O) groups is 2. The second-order valence-electron chi connectivity index (χ2n) is 9.63.